The molecule has 0 saturated carbocycles. The van der Waals surface area contributed by atoms with Gasteiger partial charge in [-0.05, 0) is 61.4 Å². The fourth-order valence-electron chi connectivity index (χ4n) is 3.41. The third kappa shape index (κ3) is 4.02. The molecule has 0 atom stereocenters. The van der Waals surface area contributed by atoms with E-state index in [0.717, 1.165) is 43.9 Å². The second-order valence-electron chi connectivity index (χ2n) is 6.54. The standard InChI is InChI=1S/C21H28N2O/c1-2-15-24-21-12-11-17(16-19(21)22)7-5-13-23-14-6-9-18-8-3-4-10-20(18)23/h3-4,8,10-12,16H,2,5-7,9,13-15,22H2,1H3. The third-order valence-corrected chi connectivity index (χ3v) is 4.64. The molecule has 2 aromatic carbocycles. The van der Waals surface area contributed by atoms with E-state index in [9.17, 15) is 0 Å². The maximum Gasteiger partial charge on any atom is 0.142 e. The Hall–Kier alpha value is -2.16. The number of fused-ring (bicyclic) bond motifs is 1. The smallest absolute Gasteiger partial charge is 0.142 e. The van der Waals surface area contributed by atoms with Crippen LogP contribution in [0.2, 0.25) is 0 Å². The zero-order valence-electron chi connectivity index (χ0n) is 14.6. The molecule has 0 aliphatic carbocycles. The first-order chi connectivity index (χ1) is 11.8. The van der Waals surface area contributed by atoms with Gasteiger partial charge in [-0.2, -0.15) is 0 Å². The molecular weight excluding hydrogens is 296 g/mol. The number of benzene rings is 2. The predicted octanol–water partition coefficient (Wildman–Crippen LogP) is 4.44. The molecule has 1 heterocycles. The average molecular weight is 324 g/mol. The summed E-state index contributed by atoms with van der Waals surface area (Å²) < 4.78 is 5.65. The van der Waals surface area contributed by atoms with Crippen molar-refractivity contribution in [1.29, 1.82) is 0 Å². The van der Waals surface area contributed by atoms with E-state index in [1.807, 2.05) is 6.07 Å². The Kier molecular flexibility index (Phi) is 5.63. The molecule has 0 unspecified atom stereocenters. The van der Waals surface area contributed by atoms with Crippen LogP contribution in [0.1, 0.15) is 37.3 Å². The van der Waals surface area contributed by atoms with E-state index in [0.29, 0.717) is 0 Å². The molecule has 3 rings (SSSR count). The summed E-state index contributed by atoms with van der Waals surface area (Å²) in [5.74, 6) is 0.811. The number of para-hydroxylation sites is 1. The van der Waals surface area contributed by atoms with Crippen LogP contribution >= 0.6 is 0 Å². The van der Waals surface area contributed by atoms with E-state index in [1.54, 1.807) is 0 Å². The second-order valence-corrected chi connectivity index (χ2v) is 6.54. The van der Waals surface area contributed by atoms with Gasteiger partial charge in [-0.3, -0.25) is 0 Å². The lowest BCUT2D eigenvalue weighted by Crippen LogP contribution is -2.30. The minimum Gasteiger partial charge on any atom is -0.491 e. The first-order valence-electron chi connectivity index (χ1n) is 9.12. The lowest BCUT2D eigenvalue weighted by molar-refractivity contribution is 0.319. The van der Waals surface area contributed by atoms with E-state index in [-0.39, 0.29) is 0 Å². The van der Waals surface area contributed by atoms with Crippen LogP contribution in [0.25, 0.3) is 0 Å². The van der Waals surface area contributed by atoms with Crippen LogP contribution in [0, 0.1) is 0 Å². The molecule has 0 radical (unpaired) electrons. The van der Waals surface area contributed by atoms with Gasteiger partial charge in [0.25, 0.3) is 0 Å². The van der Waals surface area contributed by atoms with Gasteiger partial charge in [0.1, 0.15) is 5.75 Å². The summed E-state index contributed by atoms with van der Waals surface area (Å²) in [6.45, 7) is 5.09. The molecule has 0 bridgehead atoms. The van der Waals surface area contributed by atoms with Gasteiger partial charge < -0.3 is 15.4 Å². The average Bonchev–Trinajstić information content (AvgIpc) is 2.61. The minimum absolute atomic E-state index is 0.720. The molecule has 0 spiro atoms. The highest BCUT2D eigenvalue weighted by molar-refractivity contribution is 5.56. The summed E-state index contributed by atoms with van der Waals surface area (Å²) in [7, 11) is 0. The summed E-state index contributed by atoms with van der Waals surface area (Å²) in [5.41, 5.74) is 11.1. The molecule has 0 fully saturated rings. The number of nitrogens with zero attached hydrogens (tertiary/aromatic N) is 1. The Morgan fingerprint density at radius 1 is 1.17 bits per heavy atom. The van der Waals surface area contributed by atoms with Gasteiger partial charge in [-0.25, -0.2) is 0 Å². The maximum absolute atomic E-state index is 6.10. The molecule has 1 aliphatic heterocycles. The summed E-state index contributed by atoms with van der Waals surface area (Å²) in [6.07, 6.45) is 5.66. The van der Waals surface area contributed by atoms with Crippen molar-refractivity contribution in [3.63, 3.8) is 0 Å². The van der Waals surface area contributed by atoms with Crippen LogP contribution < -0.4 is 15.4 Å². The second kappa shape index (κ2) is 8.09. The maximum atomic E-state index is 6.10. The highest BCUT2D eigenvalue weighted by atomic mass is 16.5. The number of aryl methyl sites for hydroxylation is 2. The first kappa shape index (κ1) is 16.7. The fourth-order valence-corrected chi connectivity index (χ4v) is 3.41. The van der Waals surface area contributed by atoms with Crippen LogP contribution in [0.4, 0.5) is 11.4 Å². The zero-order chi connectivity index (χ0) is 16.8. The fraction of sp³-hybridized carbons (Fsp3) is 0.429. The summed E-state index contributed by atoms with van der Waals surface area (Å²) >= 11 is 0. The topological polar surface area (TPSA) is 38.5 Å². The van der Waals surface area contributed by atoms with Crippen molar-refractivity contribution in [3.8, 4) is 5.75 Å². The van der Waals surface area contributed by atoms with Gasteiger partial charge in [0, 0.05) is 18.8 Å². The number of ether oxygens (including phenoxy) is 1. The lowest BCUT2D eigenvalue weighted by Gasteiger charge is -2.31. The van der Waals surface area contributed by atoms with Crippen LogP contribution in [0.15, 0.2) is 42.5 Å². The van der Waals surface area contributed by atoms with Gasteiger partial charge in [-0.15, -0.1) is 0 Å². The van der Waals surface area contributed by atoms with E-state index < -0.39 is 0 Å². The SMILES string of the molecule is CCCOc1ccc(CCCN2CCCc3ccccc32)cc1N. The predicted molar refractivity (Wildman–Crippen MR) is 102 cm³/mol. The normalized spacial score (nSPS) is 13.6. The zero-order valence-corrected chi connectivity index (χ0v) is 14.6. The first-order valence-corrected chi connectivity index (χ1v) is 9.12. The van der Waals surface area contributed by atoms with Gasteiger partial charge in [0.05, 0.1) is 12.3 Å². The molecule has 2 aromatic rings. The quantitative estimate of drug-likeness (QED) is 0.765. The molecule has 3 nitrogen and oxygen atoms in total. The van der Waals surface area contributed by atoms with Crippen molar-refractivity contribution < 1.29 is 4.74 Å². The molecule has 0 amide bonds. The molecule has 0 saturated heterocycles. The largest absolute Gasteiger partial charge is 0.491 e. The molecule has 24 heavy (non-hydrogen) atoms. The Labute approximate surface area is 145 Å². The molecule has 2 N–H and O–H groups in total. The number of hydrogen-bond donors (Lipinski definition) is 1. The Bertz CT molecular complexity index is 669. The molecular formula is C21H28N2O. The molecule has 3 heteroatoms. The van der Waals surface area contributed by atoms with Gasteiger partial charge in [0.15, 0.2) is 0 Å². The van der Waals surface area contributed by atoms with E-state index in [1.165, 1.54) is 36.2 Å². The van der Waals surface area contributed by atoms with Crippen LogP contribution in [-0.4, -0.2) is 19.7 Å². The summed E-state index contributed by atoms with van der Waals surface area (Å²) in [4.78, 5) is 2.53. The van der Waals surface area contributed by atoms with E-state index in [2.05, 4.69) is 48.2 Å². The van der Waals surface area contributed by atoms with Crippen molar-refractivity contribution in [1.82, 2.24) is 0 Å². The number of nitrogen functional groups attached to an aromatic ring is 1. The summed E-state index contributed by atoms with van der Waals surface area (Å²) in [6, 6.07) is 15.0. The van der Waals surface area contributed by atoms with Crippen molar-refractivity contribution in [2.75, 3.05) is 30.3 Å². The Balaban J connectivity index is 1.55. The van der Waals surface area contributed by atoms with Crippen LogP contribution in [0.3, 0.4) is 0 Å². The van der Waals surface area contributed by atoms with E-state index >= 15 is 0 Å². The minimum atomic E-state index is 0.720. The monoisotopic (exact) mass is 324 g/mol. The number of nitrogens with two attached hydrogens (primary N) is 1. The number of rotatable bonds is 7. The van der Waals surface area contributed by atoms with E-state index in [4.69, 9.17) is 10.5 Å². The Morgan fingerprint density at radius 3 is 2.88 bits per heavy atom. The van der Waals surface area contributed by atoms with Gasteiger partial charge in [0.2, 0.25) is 0 Å². The van der Waals surface area contributed by atoms with Gasteiger partial charge in [-0.1, -0.05) is 31.2 Å². The van der Waals surface area contributed by atoms with Crippen molar-refractivity contribution in [3.05, 3.63) is 53.6 Å². The highest BCUT2D eigenvalue weighted by Crippen LogP contribution is 2.27. The lowest BCUT2D eigenvalue weighted by atomic mass is 10.0. The molecule has 0 aromatic heterocycles. The third-order valence-electron chi connectivity index (χ3n) is 4.64. The van der Waals surface area contributed by atoms with Crippen molar-refractivity contribution >= 4 is 11.4 Å². The van der Waals surface area contributed by atoms with Crippen LogP contribution in [0.5, 0.6) is 5.75 Å². The van der Waals surface area contributed by atoms with Crippen molar-refractivity contribution in [2.45, 2.75) is 39.0 Å². The number of anilines is 2. The van der Waals surface area contributed by atoms with Crippen molar-refractivity contribution in [2.24, 2.45) is 0 Å². The van der Waals surface area contributed by atoms with Crippen LogP contribution in [-0.2, 0) is 12.8 Å². The molecule has 1 aliphatic rings. The van der Waals surface area contributed by atoms with Gasteiger partial charge >= 0.3 is 0 Å². The number of hydrogen-bond acceptors (Lipinski definition) is 3. The summed E-state index contributed by atoms with van der Waals surface area (Å²) in [5, 5.41) is 0. The highest BCUT2D eigenvalue weighted by Gasteiger charge is 2.15. The molecule has 128 valence electrons. The Morgan fingerprint density at radius 2 is 2.04 bits per heavy atom.